The Hall–Kier alpha value is -0.0800. The van der Waals surface area contributed by atoms with E-state index in [0.29, 0.717) is 6.04 Å². The molecule has 1 atom stereocenters. The van der Waals surface area contributed by atoms with Crippen LogP contribution in [0.15, 0.2) is 0 Å². The van der Waals surface area contributed by atoms with Crippen LogP contribution in [0.25, 0.3) is 0 Å². The first kappa shape index (κ1) is 16.0. The highest BCUT2D eigenvalue weighted by molar-refractivity contribution is 4.75. The molecule has 0 aromatic heterocycles. The summed E-state index contributed by atoms with van der Waals surface area (Å²) in [5, 5.41) is 0. The Bertz CT molecular complexity index is 182. The van der Waals surface area contributed by atoms with E-state index in [-0.39, 0.29) is 0 Å². The van der Waals surface area contributed by atoms with Gasteiger partial charge in [0.05, 0.1) is 0 Å². The minimum Gasteiger partial charge on any atom is -0.329 e. The maximum Gasteiger partial charge on any atom is 0.0218 e. The standard InChI is InChI=1S/C16H34N2/c1-2-3-4-5-6-7-10-13-18-14-11-8-9-12-16(18)15-17/h16H,2-15,17H2,1H3. The molecule has 108 valence electrons. The van der Waals surface area contributed by atoms with Crippen LogP contribution in [0.5, 0.6) is 0 Å². The maximum absolute atomic E-state index is 5.91. The number of nitrogens with two attached hydrogens (primary N) is 1. The molecule has 2 N–H and O–H groups in total. The number of unbranched alkanes of at least 4 members (excludes halogenated alkanes) is 6. The fraction of sp³-hybridized carbons (Fsp3) is 1.00. The zero-order chi connectivity index (χ0) is 13.1. The largest absolute Gasteiger partial charge is 0.329 e. The molecule has 1 rings (SSSR count). The van der Waals surface area contributed by atoms with Gasteiger partial charge in [-0.05, 0) is 32.4 Å². The van der Waals surface area contributed by atoms with Crippen LogP contribution in [0.3, 0.4) is 0 Å². The van der Waals surface area contributed by atoms with Gasteiger partial charge in [-0.2, -0.15) is 0 Å². The zero-order valence-electron chi connectivity index (χ0n) is 12.5. The van der Waals surface area contributed by atoms with E-state index in [4.69, 9.17) is 5.73 Å². The second-order valence-corrected chi connectivity index (χ2v) is 5.90. The van der Waals surface area contributed by atoms with Crippen LogP contribution in [-0.2, 0) is 0 Å². The Morgan fingerprint density at radius 2 is 1.67 bits per heavy atom. The number of hydrogen-bond donors (Lipinski definition) is 1. The molecule has 0 aromatic rings. The molecule has 2 heteroatoms. The average Bonchev–Trinajstić information content (AvgIpc) is 2.62. The van der Waals surface area contributed by atoms with Crippen LogP contribution < -0.4 is 5.73 Å². The first-order valence-electron chi connectivity index (χ1n) is 8.32. The van der Waals surface area contributed by atoms with Crippen molar-refractivity contribution in [3.05, 3.63) is 0 Å². The SMILES string of the molecule is CCCCCCCCCN1CCCCCC1CN. The third kappa shape index (κ3) is 6.75. The van der Waals surface area contributed by atoms with Crippen molar-refractivity contribution in [2.24, 2.45) is 5.73 Å². The summed E-state index contributed by atoms with van der Waals surface area (Å²) in [6.45, 7) is 5.72. The maximum atomic E-state index is 5.91. The van der Waals surface area contributed by atoms with E-state index in [0.717, 1.165) is 6.54 Å². The predicted octanol–water partition coefficient (Wildman–Crippen LogP) is 3.94. The molecule has 0 aliphatic carbocycles. The molecule has 0 aromatic carbocycles. The minimum absolute atomic E-state index is 0.674. The Morgan fingerprint density at radius 1 is 0.944 bits per heavy atom. The molecule has 18 heavy (non-hydrogen) atoms. The molecule has 0 bridgehead atoms. The Labute approximate surface area is 114 Å². The van der Waals surface area contributed by atoms with Crippen LogP contribution in [0, 0.1) is 0 Å². The van der Waals surface area contributed by atoms with Gasteiger partial charge in [-0.15, -0.1) is 0 Å². The Morgan fingerprint density at radius 3 is 2.39 bits per heavy atom. The van der Waals surface area contributed by atoms with Gasteiger partial charge in [0.15, 0.2) is 0 Å². The van der Waals surface area contributed by atoms with Gasteiger partial charge in [-0.1, -0.05) is 58.3 Å². The summed E-state index contributed by atoms with van der Waals surface area (Å²) < 4.78 is 0. The lowest BCUT2D eigenvalue weighted by Gasteiger charge is -2.28. The molecule has 1 aliphatic heterocycles. The smallest absolute Gasteiger partial charge is 0.0218 e. The highest BCUT2D eigenvalue weighted by atomic mass is 15.2. The van der Waals surface area contributed by atoms with Crippen molar-refractivity contribution in [3.63, 3.8) is 0 Å². The number of rotatable bonds is 9. The van der Waals surface area contributed by atoms with E-state index in [1.807, 2.05) is 0 Å². The minimum atomic E-state index is 0.674. The molecular formula is C16H34N2. The molecule has 1 fully saturated rings. The molecular weight excluding hydrogens is 220 g/mol. The summed E-state index contributed by atoms with van der Waals surface area (Å²) in [6.07, 6.45) is 15.4. The van der Waals surface area contributed by atoms with E-state index < -0.39 is 0 Å². The molecule has 0 spiro atoms. The third-order valence-electron chi connectivity index (χ3n) is 4.32. The molecule has 1 saturated heterocycles. The van der Waals surface area contributed by atoms with Gasteiger partial charge in [0, 0.05) is 12.6 Å². The van der Waals surface area contributed by atoms with Crippen molar-refractivity contribution in [2.45, 2.75) is 83.6 Å². The second kappa shape index (κ2) is 10.8. The van der Waals surface area contributed by atoms with Crippen molar-refractivity contribution in [1.29, 1.82) is 0 Å². The van der Waals surface area contributed by atoms with Crippen LogP contribution in [0.2, 0.25) is 0 Å². The van der Waals surface area contributed by atoms with Gasteiger partial charge in [0.25, 0.3) is 0 Å². The van der Waals surface area contributed by atoms with Crippen molar-refractivity contribution in [1.82, 2.24) is 4.90 Å². The van der Waals surface area contributed by atoms with Gasteiger partial charge < -0.3 is 5.73 Å². The van der Waals surface area contributed by atoms with Gasteiger partial charge in [0.2, 0.25) is 0 Å². The van der Waals surface area contributed by atoms with Crippen LogP contribution in [0.1, 0.15) is 77.6 Å². The monoisotopic (exact) mass is 254 g/mol. The quantitative estimate of drug-likeness (QED) is 0.631. The molecule has 1 aliphatic rings. The van der Waals surface area contributed by atoms with Crippen molar-refractivity contribution >= 4 is 0 Å². The second-order valence-electron chi connectivity index (χ2n) is 5.90. The number of nitrogens with zero attached hydrogens (tertiary/aromatic N) is 1. The summed E-state index contributed by atoms with van der Waals surface area (Å²) in [7, 11) is 0. The zero-order valence-corrected chi connectivity index (χ0v) is 12.5. The highest BCUT2D eigenvalue weighted by Gasteiger charge is 2.18. The van der Waals surface area contributed by atoms with E-state index >= 15 is 0 Å². The lowest BCUT2D eigenvalue weighted by Crippen LogP contribution is -2.40. The molecule has 1 unspecified atom stereocenters. The molecule has 0 saturated carbocycles. The number of hydrogen-bond acceptors (Lipinski definition) is 2. The average molecular weight is 254 g/mol. The molecule has 1 heterocycles. The highest BCUT2D eigenvalue weighted by Crippen LogP contribution is 2.17. The third-order valence-corrected chi connectivity index (χ3v) is 4.32. The van der Waals surface area contributed by atoms with Gasteiger partial charge in [0.1, 0.15) is 0 Å². The summed E-state index contributed by atoms with van der Waals surface area (Å²) in [4.78, 5) is 2.67. The fourth-order valence-corrected chi connectivity index (χ4v) is 3.07. The van der Waals surface area contributed by atoms with E-state index in [1.54, 1.807) is 0 Å². The van der Waals surface area contributed by atoms with Crippen molar-refractivity contribution in [3.8, 4) is 0 Å². The normalized spacial score (nSPS) is 22.0. The van der Waals surface area contributed by atoms with Gasteiger partial charge in [-0.25, -0.2) is 0 Å². The topological polar surface area (TPSA) is 29.3 Å². The Balaban J connectivity index is 2.05. The lowest BCUT2D eigenvalue weighted by atomic mass is 10.1. The molecule has 0 radical (unpaired) electrons. The van der Waals surface area contributed by atoms with Gasteiger partial charge in [-0.3, -0.25) is 4.90 Å². The van der Waals surface area contributed by atoms with Crippen LogP contribution in [-0.4, -0.2) is 30.6 Å². The van der Waals surface area contributed by atoms with E-state index in [9.17, 15) is 0 Å². The predicted molar refractivity (Wildman–Crippen MR) is 80.9 cm³/mol. The molecule has 0 amide bonds. The lowest BCUT2D eigenvalue weighted by molar-refractivity contribution is 0.200. The number of likely N-dealkylation sites (tertiary alicyclic amines) is 1. The van der Waals surface area contributed by atoms with Crippen molar-refractivity contribution in [2.75, 3.05) is 19.6 Å². The van der Waals surface area contributed by atoms with E-state index in [2.05, 4.69) is 11.8 Å². The first-order chi connectivity index (χ1) is 8.88. The first-order valence-corrected chi connectivity index (χ1v) is 8.32. The van der Waals surface area contributed by atoms with Crippen LogP contribution >= 0.6 is 0 Å². The fourth-order valence-electron chi connectivity index (χ4n) is 3.07. The summed E-state index contributed by atoms with van der Waals surface area (Å²) >= 11 is 0. The van der Waals surface area contributed by atoms with Crippen molar-refractivity contribution < 1.29 is 0 Å². The van der Waals surface area contributed by atoms with Gasteiger partial charge >= 0.3 is 0 Å². The van der Waals surface area contributed by atoms with Crippen LogP contribution in [0.4, 0.5) is 0 Å². The summed E-state index contributed by atoms with van der Waals surface area (Å²) in [5.74, 6) is 0. The molecule has 2 nitrogen and oxygen atoms in total. The Kier molecular flexibility index (Phi) is 9.59. The summed E-state index contributed by atoms with van der Waals surface area (Å²) in [5.41, 5.74) is 5.91. The van der Waals surface area contributed by atoms with E-state index in [1.165, 1.54) is 83.7 Å². The summed E-state index contributed by atoms with van der Waals surface area (Å²) in [6, 6.07) is 0.674.